The first-order chi connectivity index (χ1) is 20.4. The summed E-state index contributed by atoms with van der Waals surface area (Å²) in [5.41, 5.74) is 7.10. The van der Waals surface area contributed by atoms with E-state index in [0.717, 1.165) is 30.0 Å². The highest BCUT2D eigenvalue weighted by Crippen LogP contribution is 2.36. The molecule has 3 aromatic carbocycles. The lowest BCUT2D eigenvalue weighted by Crippen LogP contribution is -2.12. The Hall–Kier alpha value is -2.52. The molecule has 0 saturated carbocycles. The van der Waals surface area contributed by atoms with Gasteiger partial charge in [0.05, 0.1) is 23.5 Å². The minimum atomic E-state index is -4.90. The van der Waals surface area contributed by atoms with Gasteiger partial charge in [0.2, 0.25) is 0 Å². The van der Waals surface area contributed by atoms with Crippen molar-refractivity contribution in [3.05, 3.63) is 77.9 Å². The normalized spacial score (nSPS) is 19.1. The second-order valence-corrected chi connectivity index (χ2v) is 9.41. The average molecular weight is 499 g/mol. The van der Waals surface area contributed by atoms with Gasteiger partial charge in [-0.2, -0.15) is 8.42 Å². The smallest absolute Gasteiger partial charge is 0.296 e. The Morgan fingerprint density at radius 1 is 1.03 bits per heavy atom. The Labute approximate surface area is 217 Å². The van der Waals surface area contributed by atoms with Crippen molar-refractivity contribution in [1.82, 2.24) is 4.90 Å². The molecule has 0 aliphatic heterocycles. The maximum atomic E-state index is 12.7. The number of ether oxygens (including phenoxy) is 1. The average Bonchev–Trinajstić information content (AvgIpc) is 2.87. The second-order valence-electron chi connectivity index (χ2n) is 6.78. The van der Waals surface area contributed by atoms with E-state index in [4.69, 9.17) is 26.9 Å². The summed E-state index contributed by atoms with van der Waals surface area (Å²) >= 11 is 1.06. The molecule has 6 nitrogen and oxygen atoms in total. The zero-order chi connectivity index (χ0) is 34.2. The van der Waals surface area contributed by atoms with Crippen molar-refractivity contribution < 1.29 is 33.8 Å². The fourth-order valence-electron chi connectivity index (χ4n) is 2.64. The Kier molecular flexibility index (Phi) is 4.69. The third-order valence-electron chi connectivity index (χ3n) is 4.23. The fraction of sp³-hybridized carbons (Fsp3) is 0.280. The van der Waals surface area contributed by atoms with E-state index >= 15 is 0 Å². The van der Waals surface area contributed by atoms with E-state index in [1.807, 2.05) is 0 Å². The van der Waals surface area contributed by atoms with E-state index < -0.39 is 60.8 Å². The predicted molar refractivity (Wildman–Crippen MR) is 133 cm³/mol. The Bertz CT molecular complexity index is 1600. The van der Waals surface area contributed by atoms with Gasteiger partial charge in [0.15, 0.2) is 0 Å². The number of nitrogens with zero attached hydrogens (tertiary/aromatic N) is 1. The lowest BCUT2D eigenvalue weighted by molar-refractivity contribution is 0.250. The molecule has 3 aromatic rings. The Morgan fingerprint density at radius 3 is 2.52 bits per heavy atom. The van der Waals surface area contributed by atoms with Crippen molar-refractivity contribution in [3.63, 3.8) is 0 Å². The second kappa shape index (κ2) is 11.6. The molecule has 0 unspecified atom stereocenters. The van der Waals surface area contributed by atoms with Crippen LogP contribution in [0.1, 0.15) is 33.9 Å². The van der Waals surface area contributed by atoms with Crippen LogP contribution in [0.2, 0.25) is 0 Å². The van der Waals surface area contributed by atoms with Crippen molar-refractivity contribution in [2.24, 2.45) is 0 Å². The van der Waals surface area contributed by atoms with E-state index in [-0.39, 0.29) is 10.5 Å². The molecule has 0 aliphatic carbocycles. The summed E-state index contributed by atoms with van der Waals surface area (Å²) in [6.45, 7) is -12.6. The van der Waals surface area contributed by atoms with Crippen LogP contribution in [0.4, 0.5) is 5.69 Å². The number of hydrogen-bond acceptors (Lipinski definition) is 7. The number of rotatable bonds is 11. The number of hydrogen-bond donors (Lipinski definition) is 1. The third kappa shape index (κ3) is 7.50. The van der Waals surface area contributed by atoms with Gasteiger partial charge in [-0.05, 0) is 68.9 Å². The van der Waals surface area contributed by atoms with Crippen LogP contribution in [0, 0.1) is 6.92 Å². The van der Waals surface area contributed by atoms with Crippen LogP contribution in [0.5, 0.6) is 5.75 Å². The quantitative estimate of drug-likeness (QED) is 0.295. The maximum Gasteiger partial charge on any atom is 0.296 e. The van der Waals surface area contributed by atoms with Crippen molar-refractivity contribution in [2.75, 3.05) is 32.8 Å². The molecule has 0 amide bonds. The summed E-state index contributed by atoms with van der Waals surface area (Å²) in [6, 6.07) is 15.3. The van der Waals surface area contributed by atoms with Gasteiger partial charge in [0.25, 0.3) is 10.1 Å². The Balaban J connectivity index is 2.00. The van der Waals surface area contributed by atoms with Gasteiger partial charge in [-0.3, -0.25) is 4.18 Å². The molecule has 0 heterocycles. The summed E-state index contributed by atoms with van der Waals surface area (Å²) in [5, 5.41) is 0. The molecule has 0 radical (unpaired) electrons. The highest BCUT2D eigenvalue weighted by atomic mass is 32.2. The highest BCUT2D eigenvalue weighted by molar-refractivity contribution is 7.99. The number of nitrogens with two attached hydrogens (primary N) is 1. The molecule has 176 valence electrons. The van der Waals surface area contributed by atoms with Crippen LogP contribution in [-0.2, 0) is 20.8 Å². The number of nitrogen functional groups attached to an aromatic ring is 1. The number of benzene rings is 3. The van der Waals surface area contributed by atoms with E-state index in [2.05, 4.69) is 4.18 Å². The predicted octanol–water partition coefficient (Wildman–Crippen LogP) is 4.96. The van der Waals surface area contributed by atoms with Gasteiger partial charge in [-0.15, -0.1) is 0 Å². The largest absolute Gasteiger partial charge is 0.493 e. The van der Waals surface area contributed by atoms with Gasteiger partial charge in [-0.25, -0.2) is 0 Å². The molecule has 0 spiro atoms. The van der Waals surface area contributed by atoms with Gasteiger partial charge in [-0.1, -0.05) is 41.6 Å². The third-order valence-corrected chi connectivity index (χ3v) is 6.59. The lowest BCUT2D eigenvalue weighted by Gasteiger charge is -2.16. The van der Waals surface area contributed by atoms with Gasteiger partial charge < -0.3 is 15.4 Å². The molecule has 33 heavy (non-hydrogen) atoms. The van der Waals surface area contributed by atoms with E-state index in [1.54, 1.807) is 31.2 Å². The summed E-state index contributed by atoms with van der Waals surface area (Å²) in [7, 11) is -4.90. The SMILES string of the molecule is [2H]C([2H])([2H])N(Cc1cc(OC([2H])([2H])C([2H])([2H])C([2H])([2H])OS(=O)(=O)c2ccc(C)cc2)ccc1Sc1ccccc1N)C([2H])([2H])[2H]. The van der Waals surface area contributed by atoms with E-state index in [9.17, 15) is 8.42 Å². The standard InChI is InChI=1S/C25H30N2O4S2/c1-19-9-12-22(13-10-19)33(28,29)31-16-6-15-30-21-11-14-24(20(17-21)18-27(2)3)32-25-8-5-4-7-23(25)26/h4-5,7-14,17H,6,15-16,18,26H2,1-3H3/i2D3,3D3,6D2,15D2,16D2. The topological polar surface area (TPSA) is 81.9 Å². The summed E-state index contributed by atoms with van der Waals surface area (Å²) in [4.78, 5) is 0.617. The maximum absolute atomic E-state index is 12.7. The first-order valence-electron chi connectivity index (χ1n) is 15.5. The van der Waals surface area contributed by atoms with Crippen LogP contribution < -0.4 is 10.5 Å². The number of anilines is 1. The van der Waals surface area contributed by atoms with E-state index in [0.29, 0.717) is 21.0 Å². The Morgan fingerprint density at radius 2 is 1.79 bits per heavy atom. The summed E-state index contributed by atoms with van der Waals surface area (Å²) in [5.74, 6) is -0.447. The molecule has 0 fully saturated rings. The fourth-order valence-corrected chi connectivity index (χ4v) is 4.32. The summed E-state index contributed by atoms with van der Waals surface area (Å²) < 4.78 is 131. The molecule has 0 saturated heterocycles. The summed E-state index contributed by atoms with van der Waals surface area (Å²) in [6.07, 6.45) is -3.77. The number of aryl methyl sites for hydroxylation is 1. The zero-order valence-electron chi connectivity index (χ0n) is 29.5. The van der Waals surface area contributed by atoms with E-state index in [1.165, 1.54) is 24.3 Å². The van der Waals surface area contributed by atoms with Crippen LogP contribution in [0.15, 0.2) is 81.4 Å². The highest BCUT2D eigenvalue weighted by Gasteiger charge is 2.14. The molecule has 0 aromatic heterocycles. The molecule has 0 aliphatic rings. The molecule has 0 bridgehead atoms. The van der Waals surface area contributed by atoms with Crippen LogP contribution in [0.25, 0.3) is 0 Å². The minimum absolute atomic E-state index is 0.0190. The molecular formula is C25H30N2O4S2. The molecule has 2 N–H and O–H groups in total. The zero-order valence-corrected chi connectivity index (χ0v) is 19.2. The van der Waals surface area contributed by atoms with Gasteiger partial charge in [0, 0.05) is 39.4 Å². The van der Waals surface area contributed by atoms with Crippen LogP contribution in [-0.4, -0.2) is 40.4 Å². The van der Waals surface area contributed by atoms with Crippen molar-refractivity contribution in [2.45, 2.75) is 34.5 Å². The van der Waals surface area contributed by atoms with Crippen LogP contribution >= 0.6 is 11.8 Å². The van der Waals surface area contributed by atoms with Crippen LogP contribution in [0.3, 0.4) is 0 Å². The molecule has 8 heteroatoms. The van der Waals surface area contributed by atoms with Crippen molar-refractivity contribution in [1.29, 1.82) is 0 Å². The first-order valence-corrected chi connectivity index (χ1v) is 11.7. The first kappa shape index (κ1) is 13.4. The van der Waals surface area contributed by atoms with Crippen molar-refractivity contribution >= 4 is 27.6 Å². The van der Waals surface area contributed by atoms with Crippen molar-refractivity contribution in [3.8, 4) is 5.75 Å². The van der Waals surface area contributed by atoms with Gasteiger partial charge >= 0.3 is 0 Å². The monoisotopic (exact) mass is 498 g/mol. The minimum Gasteiger partial charge on any atom is -0.493 e. The molecular weight excluding hydrogens is 456 g/mol. The van der Waals surface area contributed by atoms with Gasteiger partial charge in [0.1, 0.15) is 5.75 Å². The molecule has 0 atom stereocenters. The lowest BCUT2D eigenvalue weighted by atomic mass is 10.2. The molecule has 3 rings (SSSR count). The number of para-hydroxylation sites is 1.